The number of nitrogens with zero attached hydrogens (tertiary/aromatic N) is 4. The Balaban J connectivity index is 1.51. The zero-order valence-electron chi connectivity index (χ0n) is 12.0. The van der Waals surface area contributed by atoms with Gasteiger partial charge in [0, 0.05) is 52.0 Å². The van der Waals surface area contributed by atoms with Crippen LogP contribution in [0.4, 0.5) is 4.79 Å². The van der Waals surface area contributed by atoms with Crippen LogP contribution < -0.4 is 0 Å². The SMILES string of the molecule is CN1CCN(C2CCN(Cc3ccccn3)CC2)C1=O. The Morgan fingerprint density at radius 1 is 1.20 bits per heavy atom. The molecule has 5 heteroatoms. The third-order valence-electron chi connectivity index (χ3n) is 4.36. The number of carbonyl (C=O) groups is 1. The molecule has 2 saturated heterocycles. The summed E-state index contributed by atoms with van der Waals surface area (Å²) in [5.74, 6) is 0. The maximum Gasteiger partial charge on any atom is 0.320 e. The molecule has 0 radical (unpaired) electrons. The number of urea groups is 1. The molecule has 0 bridgehead atoms. The highest BCUT2D eigenvalue weighted by atomic mass is 16.2. The van der Waals surface area contributed by atoms with E-state index in [1.54, 1.807) is 0 Å². The molecule has 2 fully saturated rings. The molecule has 108 valence electrons. The van der Waals surface area contributed by atoms with E-state index in [1.165, 1.54) is 0 Å². The number of likely N-dealkylation sites (tertiary alicyclic amines) is 1. The second-order valence-electron chi connectivity index (χ2n) is 5.73. The first-order valence-corrected chi connectivity index (χ1v) is 7.38. The van der Waals surface area contributed by atoms with Crippen molar-refractivity contribution in [2.75, 3.05) is 33.2 Å². The van der Waals surface area contributed by atoms with Crippen LogP contribution in [0.3, 0.4) is 0 Å². The summed E-state index contributed by atoms with van der Waals surface area (Å²) >= 11 is 0. The first-order chi connectivity index (χ1) is 9.74. The van der Waals surface area contributed by atoms with Crippen molar-refractivity contribution in [1.82, 2.24) is 19.7 Å². The van der Waals surface area contributed by atoms with Crippen LogP contribution in [0.5, 0.6) is 0 Å². The van der Waals surface area contributed by atoms with Crippen LogP contribution in [0.2, 0.25) is 0 Å². The minimum Gasteiger partial charge on any atom is -0.326 e. The standard InChI is InChI=1S/C15H22N4O/c1-17-10-11-19(15(17)20)14-5-8-18(9-6-14)12-13-4-2-3-7-16-13/h2-4,7,14H,5-6,8-12H2,1H3. The Hall–Kier alpha value is -1.62. The quantitative estimate of drug-likeness (QED) is 0.837. The molecule has 20 heavy (non-hydrogen) atoms. The largest absolute Gasteiger partial charge is 0.326 e. The molecule has 0 saturated carbocycles. The lowest BCUT2D eigenvalue weighted by Gasteiger charge is -2.36. The van der Waals surface area contributed by atoms with Gasteiger partial charge in [-0.25, -0.2) is 4.79 Å². The number of carbonyl (C=O) groups excluding carboxylic acids is 1. The van der Waals surface area contributed by atoms with E-state index >= 15 is 0 Å². The van der Waals surface area contributed by atoms with Gasteiger partial charge in [0.1, 0.15) is 0 Å². The number of amides is 2. The van der Waals surface area contributed by atoms with E-state index in [0.717, 1.165) is 51.3 Å². The van der Waals surface area contributed by atoms with Crippen molar-refractivity contribution < 1.29 is 4.79 Å². The summed E-state index contributed by atoms with van der Waals surface area (Å²) in [4.78, 5) is 22.7. The Morgan fingerprint density at radius 3 is 2.60 bits per heavy atom. The summed E-state index contributed by atoms with van der Waals surface area (Å²) in [6, 6.07) is 6.69. The topological polar surface area (TPSA) is 39.7 Å². The van der Waals surface area contributed by atoms with Gasteiger partial charge in [-0.05, 0) is 25.0 Å². The van der Waals surface area contributed by atoms with Crippen molar-refractivity contribution in [2.45, 2.75) is 25.4 Å². The summed E-state index contributed by atoms with van der Waals surface area (Å²) in [6.45, 7) is 4.78. The van der Waals surface area contributed by atoms with Crippen molar-refractivity contribution in [2.24, 2.45) is 0 Å². The molecule has 2 aliphatic heterocycles. The number of aromatic nitrogens is 1. The summed E-state index contributed by atoms with van der Waals surface area (Å²) in [7, 11) is 1.89. The van der Waals surface area contributed by atoms with Gasteiger partial charge in [-0.15, -0.1) is 0 Å². The smallest absolute Gasteiger partial charge is 0.320 e. The first kappa shape index (κ1) is 13.4. The van der Waals surface area contributed by atoms with E-state index in [2.05, 4.69) is 20.9 Å². The molecule has 0 spiro atoms. The van der Waals surface area contributed by atoms with Crippen LogP contribution in [0.15, 0.2) is 24.4 Å². The predicted molar refractivity (Wildman–Crippen MR) is 77.3 cm³/mol. The molecule has 0 unspecified atom stereocenters. The summed E-state index contributed by atoms with van der Waals surface area (Å²) < 4.78 is 0. The fourth-order valence-electron chi connectivity index (χ4n) is 3.12. The number of rotatable bonds is 3. The molecule has 0 atom stereocenters. The van der Waals surface area contributed by atoms with Gasteiger partial charge in [0.25, 0.3) is 0 Å². The van der Waals surface area contributed by atoms with E-state index < -0.39 is 0 Å². The van der Waals surface area contributed by atoms with E-state index in [9.17, 15) is 4.79 Å². The second-order valence-corrected chi connectivity index (χ2v) is 5.73. The summed E-state index contributed by atoms with van der Waals surface area (Å²) in [6.07, 6.45) is 4.00. The highest BCUT2D eigenvalue weighted by Crippen LogP contribution is 2.21. The van der Waals surface area contributed by atoms with Gasteiger partial charge in [-0.1, -0.05) is 6.07 Å². The highest BCUT2D eigenvalue weighted by molar-refractivity contribution is 5.76. The van der Waals surface area contributed by atoms with Crippen LogP contribution >= 0.6 is 0 Å². The second kappa shape index (κ2) is 5.79. The molecule has 1 aromatic rings. The van der Waals surface area contributed by atoms with Gasteiger partial charge in [0.15, 0.2) is 0 Å². The number of hydrogen-bond donors (Lipinski definition) is 0. The van der Waals surface area contributed by atoms with Crippen LogP contribution in [-0.4, -0.2) is 65.0 Å². The molecule has 0 aromatic carbocycles. The average Bonchev–Trinajstić information content (AvgIpc) is 2.81. The zero-order valence-corrected chi connectivity index (χ0v) is 12.0. The lowest BCUT2D eigenvalue weighted by atomic mass is 10.0. The van der Waals surface area contributed by atoms with Crippen molar-refractivity contribution in [3.63, 3.8) is 0 Å². The van der Waals surface area contributed by atoms with Crippen LogP contribution in [0, 0.1) is 0 Å². The molecule has 3 heterocycles. The third-order valence-corrected chi connectivity index (χ3v) is 4.36. The molecule has 5 nitrogen and oxygen atoms in total. The monoisotopic (exact) mass is 274 g/mol. The Kier molecular flexibility index (Phi) is 3.87. The molecule has 3 rings (SSSR count). The van der Waals surface area contributed by atoms with Crippen LogP contribution in [0.1, 0.15) is 18.5 Å². The Bertz CT molecular complexity index is 456. The van der Waals surface area contributed by atoms with Gasteiger partial charge in [-0.3, -0.25) is 9.88 Å². The van der Waals surface area contributed by atoms with Crippen molar-refractivity contribution in [3.8, 4) is 0 Å². The normalized spacial score (nSPS) is 21.8. The lowest BCUT2D eigenvalue weighted by molar-refractivity contribution is 0.127. The van der Waals surface area contributed by atoms with Gasteiger partial charge >= 0.3 is 6.03 Å². The fourth-order valence-corrected chi connectivity index (χ4v) is 3.12. The molecule has 0 N–H and O–H groups in total. The maximum absolute atomic E-state index is 12.0. The molecule has 2 aliphatic rings. The zero-order chi connectivity index (χ0) is 13.9. The summed E-state index contributed by atoms with van der Waals surface area (Å²) in [5.41, 5.74) is 1.13. The lowest BCUT2D eigenvalue weighted by Crippen LogP contribution is -2.46. The molecule has 0 aliphatic carbocycles. The van der Waals surface area contributed by atoms with E-state index in [4.69, 9.17) is 0 Å². The molecule has 1 aromatic heterocycles. The van der Waals surface area contributed by atoms with E-state index in [0.29, 0.717) is 6.04 Å². The number of piperidine rings is 1. The van der Waals surface area contributed by atoms with Crippen molar-refractivity contribution >= 4 is 6.03 Å². The molecular formula is C15H22N4O. The fraction of sp³-hybridized carbons (Fsp3) is 0.600. The Morgan fingerprint density at radius 2 is 2.00 bits per heavy atom. The van der Waals surface area contributed by atoms with E-state index in [-0.39, 0.29) is 6.03 Å². The number of likely N-dealkylation sites (N-methyl/N-ethyl adjacent to an activating group) is 1. The van der Waals surface area contributed by atoms with Crippen LogP contribution in [0.25, 0.3) is 0 Å². The first-order valence-electron chi connectivity index (χ1n) is 7.38. The minimum atomic E-state index is 0.202. The number of pyridine rings is 1. The number of hydrogen-bond acceptors (Lipinski definition) is 3. The van der Waals surface area contributed by atoms with Gasteiger partial charge < -0.3 is 9.80 Å². The molecule has 2 amide bonds. The van der Waals surface area contributed by atoms with Gasteiger partial charge in [0.05, 0.1) is 5.69 Å². The van der Waals surface area contributed by atoms with Gasteiger partial charge in [0.2, 0.25) is 0 Å². The van der Waals surface area contributed by atoms with E-state index in [1.807, 2.05) is 30.3 Å². The highest BCUT2D eigenvalue weighted by Gasteiger charge is 2.33. The van der Waals surface area contributed by atoms with Crippen molar-refractivity contribution in [3.05, 3.63) is 30.1 Å². The van der Waals surface area contributed by atoms with Crippen molar-refractivity contribution in [1.29, 1.82) is 0 Å². The van der Waals surface area contributed by atoms with Gasteiger partial charge in [-0.2, -0.15) is 0 Å². The summed E-state index contributed by atoms with van der Waals surface area (Å²) in [5, 5.41) is 0. The predicted octanol–water partition coefficient (Wildman–Crippen LogP) is 1.41. The molecular weight excluding hydrogens is 252 g/mol. The third kappa shape index (κ3) is 2.77. The van der Waals surface area contributed by atoms with Crippen LogP contribution in [-0.2, 0) is 6.54 Å². The minimum absolute atomic E-state index is 0.202. The Labute approximate surface area is 120 Å². The maximum atomic E-state index is 12.0. The average molecular weight is 274 g/mol.